The minimum Gasteiger partial charge on any atom is -0.390 e. The lowest BCUT2D eigenvalue weighted by Crippen LogP contribution is -2.61. The van der Waals surface area contributed by atoms with Crippen molar-refractivity contribution in [3.8, 4) is 0 Å². The Labute approximate surface area is 305 Å². The van der Waals surface area contributed by atoms with Gasteiger partial charge in [0, 0.05) is 46.4 Å². The molecule has 0 saturated carbocycles. The SMILES string of the molecule is CCC1O[C@@H](OCCCCCCOP(=O)(O)OCCCOCC(COC)(COCCCOP=O)COCCCOP=O)C(NC(C)=O)C(O)[C@H]1C. The summed E-state index contributed by atoms with van der Waals surface area (Å²) in [5.41, 5.74) is -0.648. The highest BCUT2D eigenvalue weighted by Crippen LogP contribution is 2.43. The molecule has 17 nitrogen and oxygen atoms in total. The maximum atomic E-state index is 12.3. The number of ether oxygens (including phenoxy) is 6. The van der Waals surface area contributed by atoms with Gasteiger partial charge in [0.1, 0.15) is 6.04 Å². The summed E-state index contributed by atoms with van der Waals surface area (Å²) in [7, 11) is -3.43. The van der Waals surface area contributed by atoms with Crippen molar-refractivity contribution in [1.29, 1.82) is 0 Å². The fourth-order valence-corrected chi connectivity index (χ4v) is 6.55. The molecule has 1 rings (SSSR count). The van der Waals surface area contributed by atoms with Crippen molar-refractivity contribution in [2.75, 3.05) is 86.4 Å². The van der Waals surface area contributed by atoms with Crippen molar-refractivity contribution in [3.63, 3.8) is 0 Å². The van der Waals surface area contributed by atoms with Crippen LogP contribution in [0, 0.1) is 11.3 Å². The number of nitrogens with one attached hydrogen (secondary N) is 1. The van der Waals surface area contributed by atoms with E-state index in [0.29, 0.717) is 58.3 Å². The van der Waals surface area contributed by atoms with Gasteiger partial charge in [-0.15, -0.1) is 0 Å². The first kappa shape index (κ1) is 48.4. The van der Waals surface area contributed by atoms with Crippen molar-refractivity contribution < 1.29 is 75.0 Å². The maximum Gasteiger partial charge on any atom is 0.472 e. The minimum absolute atomic E-state index is 0.0501. The van der Waals surface area contributed by atoms with Gasteiger partial charge in [-0.25, -0.2) is 13.7 Å². The lowest BCUT2D eigenvalue weighted by Gasteiger charge is -2.43. The molecule has 1 aliphatic rings. The topological polar surface area (TPSA) is 213 Å². The third-order valence-electron chi connectivity index (χ3n) is 7.96. The van der Waals surface area contributed by atoms with E-state index in [4.69, 9.17) is 46.5 Å². The van der Waals surface area contributed by atoms with E-state index in [-0.39, 0.29) is 94.8 Å². The van der Waals surface area contributed by atoms with E-state index in [9.17, 15) is 28.5 Å². The van der Waals surface area contributed by atoms with E-state index in [1.807, 2.05) is 13.8 Å². The average Bonchev–Trinajstić information content (AvgIpc) is 3.09. The molecule has 1 aliphatic heterocycles. The van der Waals surface area contributed by atoms with Crippen LogP contribution >= 0.6 is 25.2 Å². The van der Waals surface area contributed by atoms with Gasteiger partial charge >= 0.3 is 25.2 Å². The van der Waals surface area contributed by atoms with Gasteiger partial charge in [0.05, 0.1) is 70.5 Å². The fraction of sp³-hybridized carbons (Fsp3) is 0.968. The Kier molecular flexibility index (Phi) is 28.2. The van der Waals surface area contributed by atoms with Crippen LogP contribution in [0.1, 0.15) is 72.1 Å². The Bertz CT molecular complexity index is 950. The van der Waals surface area contributed by atoms with Crippen LogP contribution in [-0.2, 0) is 65.0 Å². The number of methoxy groups -OCH3 is 1. The molecule has 300 valence electrons. The second-order valence-corrected chi connectivity index (χ2v) is 14.7. The molecule has 0 aromatic heterocycles. The van der Waals surface area contributed by atoms with Crippen molar-refractivity contribution in [2.24, 2.45) is 11.3 Å². The summed E-state index contributed by atoms with van der Waals surface area (Å²) in [5.74, 6) is -0.410. The number of aliphatic hydroxyl groups is 1. The zero-order valence-electron chi connectivity index (χ0n) is 30.5. The second kappa shape index (κ2) is 29.7. The maximum absolute atomic E-state index is 12.3. The Morgan fingerprint density at radius 2 is 1.31 bits per heavy atom. The molecule has 0 aromatic rings. The minimum atomic E-state index is -4.23. The zero-order chi connectivity index (χ0) is 37.8. The molecule has 20 heteroatoms. The van der Waals surface area contributed by atoms with Gasteiger partial charge in [0.15, 0.2) is 6.29 Å². The number of unbranched alkanes of at least 4 members (excludes halogenated alkanes) is 3. The Hall–Kier alpha value is -0.580. The normalized spacial score (nSPS) is 23.3. The number of hydrogen-bond acceptors (Lipinski definition) is 15. The summed E-state index contributed by atoms with van der Waals surface area (Å²) in [6, 6.07) is -0.650. The Balaban J connectivity index is 2.33. The lowest BCUT2D eigenvalue weighted by molar-refractivity contribution is -0.249. The quantitative estimate of drug-likeness (QED) is 0.0598. The summed E-state index contributed by atoms with van der Waals surface area (Å²) in [6.07, 6.45) is 3.19. The highest BCUT2D eigenvalue weighted by atomic mass is 31.2. The van der Waals surface area contributed by atoms with Crippen molar-refractivity contribution in [1.82, 2.24) is 5.32 Å². The Morgan fingerprint density at radius 3 is 1.80 bits per heavy atom. The molecule has 0 aromatic carbocycles. The number of aliphatic hydroxyl groups excluding tert-OH is 1. The molecule has 0 radical (unpaired) electrons. The predicted molar refractivity (Wildman–Crippen MR) is 186 cm³/mol. The average molecular weight is 796 g/mol. The molecule has 1 heterocycles. The van der Waals surface area contributed by atoms with Crippen LogP contribution in [-0.4, -0.2) is 127 Å². The number of carbonyl (C=O) groups excluding carboxylic acids is 1. The molecule has 1 amide bonds. The molecule has 6 atom stereocenters. The van der Waals surface area contributed by atoms with Crippen LogP contribution in [0.4, 0.5) is 0 Å². The van der Waals surface area contributed by atoms with Gasteiger partial charge in [-0.1, -0.05) is 26.7 Å². The van der Waals surface area contributed by atoms with Crippen LogP contribution in [0.3, 0.4) is 0 Å². The molecule has 0 spiro atoms. The third-order valence-corrected chi connectivity index (χ3v) is 9.55. The second-order valence-electron chi connectivity index (χ2n) is 12.4. The van der Waals surface area contributed by atoms with Crippen LogP contribution in [0.15, 0.2) is 0 Å². The smallest absolute Gasteiger partial charge is 0.390 e. The van der Waals surface area contributed by atoms with Crippen molar-refractivity contribution >= 4 is 31.1 Å². The number of rotatable bonds is 34. The molecule has 3 N–H and O–H groups in total. The first-order chi connectivity index (χ1) is 24.5. The van der Waals surface area contributed by atoms with Crippen molar-refractivity contribution in [3.05, 3.63) is 0 Å². The van der Waals surface area contributed by atoms with E-state index < -0.39 is 31.7 Å². The summed E-state index contributed by atoms with van der Waals surface area (Å²) in [4.78, 5) is 21.7. The number of phosphoric ester groups is 1. The highest BCUT2D eigenvalue weighted by molar-refractivity contribution is 7.47. The molecule has 1 fully saturated rings. The molecule has 1 saturated heterocycles. The zero-order valence-corrected chi connectivity index (χ0v) is 33.2. The van der Waals surface area contributed by atoms with E-state index in [0.717, 1.165) is 12.8 Å². The van der Waals surface area contributed by atoms with Crippen molar-refractivity contribution in [2.45, 2.75) is 96.7 Å². The van der Waals surface area contributed by atoms with Gasteiger partial charge in [-0.05, 0) is 38.5 Å². The molecular formula is C31H60NO16P3. The first-order valence-electron chi connectivity index (χ1n) is 17.5. The van der Waals surface area contributed by atoms with E-state index >= 15 is 0 Å². The summed E-state index contributed by atoms with van der Waals surface area (Å²) >= 11 is 0. The first-order valence-corrected chi connectivity index (χ1v) is 20.5. The lowest BCUT2D eigenvalue weighted by atomic mass is 9.88. The van der Waals surface area contributed by atoms with Gasteiger partial charge in [-0.3, -0.25) is 22.9 Å². The number of carbonyl (C=O) groups is 1. The Morgan fingerprint density at radius 1 is 0.804 bits per heavy atom. The monoisotopic (exact) mass is 795 g/mol. The highest BCUT2D eigenvalue weighted by Gasteiger charge is 2.43. The molecular weight excluding hydrogens is 735 g/mol. The van der Waals surface area contributed by atoms with E-state index in [1.165, 1.54) is 6.92 Å². The fourth-order valence-electron chi connectivity index (χ4n) is 5.35. The van der Waals surface area contributed by atoms with E-state index in [2.05, 4.69) is 5.32 Å². The molecule has 0 bridgehead atoms. The van der Waals surface area contributed by atoms with Gasteiger partial charge < -0.3 is 43.7 Å². The van der Waals surface area contributed by atoms with Crippen LogP contribution < -0.4 is 5.32 Å². The van der Waals surface area contributed by atoms with Gasteiger partial charge in [0.2, 0.25) is 5.91 Å². The number of amides is 1. The number of phosphoric acid groups is 1. The van der Waals surface area contributed by atoms with E-state index in [1.54, 1.807) is 7.11 Å². The predicted octanol–water partition coefficient (Wildman–Crippen LogP) is 4.63. The molecule has 0 aliphatic carbocycles. The summed E-state index contributed by atoms with van der Waals surface area (Å²) in [6.45, 7) is 8.16. The van der Waals surface area contributed by atoms with Crippen LogP contribution in [0.5, 0.6) is 0 Å². The number of hydrogen-bond donors (Lipinski definition) is 3. The molecule has 51 heavy (non-hydrogen) atoms. The summed E-state index contributed by atoms with van der Waals surface area (Å²) < 4.78 is 87.8. The van der Waals surface area contributed by atoms with Gasteiger partial charge in [-0.2, -0.15) is 0 Å². The molecule has 4 unspecified atom stereocenters. The summed E-state index contributed by atoms with van der Waals surface area (Å²) in [5, 5.41) is 13.4. The van der Waals surface area contributed by atoms with Crippen LogP contribution in [0.25, 0.3) is 0 Å². The van der Waals surface area contributed by atoms with Gasteiger partial charge in [0.25, 0.3) is 0 Å². The standard InChI is InChI=1S/C31H60NO16P3/c1-5-27-25(2)29(34)28(32-26(3)33)30(48-27)43-16-8-6-7-9-19-46-51(37,38)47-20-12-15-42-24-31(21-39-4,22-40-13-10-17-44-49-35)23-41-14-11-18-45-50-36/h25,27-30,34H,5-24H2,1-4H3,(H,32,33)(H,37,38)/t25-,27?,28?,29?,30+/m0/s1. The third kappa shape index (κ3) is 22.4. The largest absolute Gasteiger partial charge is 0.472 e. The van der Waals surface area contributed by atoms with Crippen LogP contribution in [0.2, 0.25) is 0 Å².